The summed E-state index contributed by atoms with van der Waals surface area (Å²) >= 11 is 1.73. The van der Waals surface area contributed by atoms with E-state index < -0.39 is 0 Å². The third-order valence-corrected chi connectivity index (χ3v) is 3.52. The lowest BCUT2D eigenvalue weighted by atomic mass is 10.2. The molecule has 2 aromatic rings. The topological polar surface area (TPSA) is 45.4 Å². The molecule has 1 atom stereocenters. The van der Waals surface area contributed by atoms with Gasteiger partial charge in [0.2, 0.25) is 0 Å². The van der Waals surface area contributed by atoms with Crippen molar-refractivity contribution in [2.45, 2.75) is 17.5 Å². The molecular formula is C14H17NO2S. The maximum absolute atomic E-state index is 9.33. The first-order valence-corrected chi connectivity index (χ1v) is 7.06. The molecule has 18 heavy (non-hydrogen) atoms. The van der Waals surface area contributed by atoms with Crippen LogP contribution in [0, 0.1) is 0 Å². The maximum atomic E-state index is 9.33. The highest BCUT2D eigenvalue weighted by Gasteiger charge is 2.11. The molecule has 0 saturated carbocycles. The van der Waals surface area contributed by atoms with Crippen molar-refractivity contribution >= 4 is 11.8 Å². The van der Waals surface area contributed by atoms with E-state index in [-0.39, 0.29) is 12.6 Å². The summed E-state index contributed by atoms with van der Waals surface area (Å²) in [5, 5.41) is 12.6. The molecule has 0 saturated heterocycles. The second-order valence-electron chi connectivity index (χ2n) is 3.98. The minimum absolute atomic E-state index is 0.0242. The van der Waals surface area contributed by atoms with Gasteiger partial charge >= 0.3 is 0 Å². The summed E-state index contributed by atoms with van der Waals surface area (Å²) < 4.78 is 5.29. The number of furan rings is 1. The van der Waals surface area contributed by atoms with Crippen LogP contribution in [0.2, 0.25) is 0 Å². The Morgan fingerprint density at radius 2 is 2.06 bits per heavy atom. The van der Waals surface area contributed by atoms with Crippen molar-refractivity contribution in [3.8, 4) is 0 Å². The summed E-state index contributed by atoms with van der Waals surface area (Å²) in [5.74, 6) is 0.762. The summed E-state index contributed by atoms with van der Waals surface area (Å²) in [6.45, 7) is 0.733. The Labute approximate surface area is 111 Å². The molecule has 2 N–H and O–H groups in total. The highest BCUT2D eigenvalue weighted by Crippen LogP contribution is 2.16. The molecule has 1 aromatic heterocycles. The number of hydrogen-bond donors (Lipinski definition) is 2. The molecule has 96 valence electrons. The Morgan fingerprint density at radius 3 is 2.61 bits per heavy atom. The van der Waals surface area contributed by atoms with Crippen molar-refractivity contribution in [1.82, 2.24) is 5.32 Å². The van der Waals surface area contributed by atoms with Crippen molar-refractivity contribution in [3.63, 3.8) is 0 Å². The van der Waals surface area contributed by atoms with Crippen LogP contribution in [0.15, 0.2) is 52.0 Å². The number of nitrogens with one attached hydrogen (secondary N) is 1. The SMILES string of the molecule is CSc1ccc(CNC(CO)c2ccco2)cc1. The minimum atomic E-state index is -0.153. The molecule has 1 unspecified atom stereocenters. The van der Waals surface area contributed by atoms with Crippen LogP contribution in [-0.2, 0) is 6.54 Å². The fraction of sp³-hybridized carbons (Fsp3) is 0.286. The van der Waals surface area contributed by atoms with E-state index in [0.29, 0.717) is 6.54 Å². The smallest absolute Gasteiger partial charge is 0.123 e. The summed E-state index contributed by atoms with van der Waals surface area (Å²) in [6.07, 6.45) is 3.68. The van der Waals surface area contributed by atoms with Crippen molar-refractivity contribution in [3.05, 3.63) is 54.0 Å². The Bertz CT molecular complexity index is 453. The zero-order valence-corrected chi connectivity index (χ0v) is 11.1. The molecule has 0 amide bonds. The molecule has 0 radical (unpaired) electrons. The van der Waals surface area contributed by atoms with Crippen molar-refractivity contribution in [2.24, 2.45) is 0 Å². The van der Waals surface area contributed by atoms with E-state index in [1.165, 1.54) is 10.5 Å². The molecule has 0 spiro atoms. The molecule has 0 aliphatic rings. The third-order valence-electron chi connectivity index (χ3n) is 2.78. The van der Waals surface area contributed by atoms with Crippen LogP contribution in [-0.4, -0.2) is 18.0 Å². The average Bonchev–Trinajstić information content (AvgIpc) is 2.94. The molecular weight excluding hydrogens is 246 g/mol. The van der Waals surface area contributed by atoms with Gasteiger partial charge in [0.15, 0.2) is 0 Å². The molecule has 0 aliphatic carbocycles. The number of thioether (sulfide) groups is 1. The predicted octanol–water partition coefficient (Wildman–Crippen LogP) is 2.82. The molecule has 2 rings (SSSR count). The van der Waals surface area contributed by atoms with E-state index in [0.717, 1.165) is 5.76 Å². The van der Waals surface area contributed by atoms with Crippen LogP contribution >= 0.6 is 11.8 Å². The Kier molecular flexibility index (Phi) is 4.87. The second kappa shape index (κ2) is 6.64. The number of benzene rings is 1. The van der Waals surface area contributed by atoms with Crippen LogP contribution < -0.4 is 5.32 Å². The van der Waals surface area contributed by atoms with Gasteiger partial charge < -0.3 is 14.8 Å². The van der Waals surface area contributed by atoms with E-state index in [9.17, 15) is 5.11 Å². The zero-order chi connectivity index (χ0) is 12.8. The lowest BCUT2D eigenvalue weighted by Gasteiger charge is -2.13. The van der Waals surface area contributed by atoms with Crippen LogP contribution in [0.5, 0.6) is 0 Å². The highest BCUT2D eigenvalue weighted by atomic mass is 32.2. The van der Waals surface area contributed by atoms with Gasteiger partial charge in [-0.2, -0.15) is 0 Å². The first-order chi connectivity index (χ1) is 8.83. The number of rotatable bonds is 6. The molecule has 1 heterocycles. The summed E-state index contributed by atoms with van der Waals surface area (Å²) in [5.41, 5.74) is 1.19. The molecule has 0 aliphatic heterocycles. The average molecular weight is 263 g/mol. The second-order valence-corrected chi connectivity index (χ2v) is 4.86. The zero-order valence-electron chi connectivity index (χ0n) is 10.3. The van der Waals surface area contributed by atoms with Gasteiger partial charge in [0.25, 0.3) is 0 Å². The number of aliphatic hydroxyl groups is 1. The van der Waals surface area contributed by atoms with Crippen molar-refractivity contribution < 1.29 is 9.52 Å². The van der Waals surface area contributed by atoms with Gasteiger partial charge in [-0.25, -0.2) is 0 Å². The van der Waals surface area contributed by atoms with Crippen LogP contribution in [0.4, 0.5) is 0 Å². The van der Waals surface area contributed by atoms with E-state index in [1.54, 1.807) is 18.0 Å². The van der Waals surface area contributed by atoms with Gasteiger partial charge in [-0.3, -0.25) is 0 Å². The normalized spacial score (nSPS) is 12.6. The van der Waals surface area contributed by atoms with Gasteiger partial charge in [-0.15, -0.1) is 11.8 Å². The van der Waals surface area contributed by atoms with Gasteiger partial charge in [-0.05, 0) is 36.1 Å². The first-order valence-electron chi connectivity index (χ1n) is 5.84. The quantitative estimate of drug-likeness (QED) is 0.787. The van der Waals surface area contributed by atoms with Crippen molar-refractivity contribution in [1.29, 1.82) is 0 Å². The monoisotopic (exact) mass is 263 g/mol. The van der Waals surface area contributed by atoms with E-state index in [2.05, 4.69) is 35.8 Å². The Morgan fingerprint density at radius 1 is 1.28 bits per heavy atom. The van der Waals surface area contributed by atoms with E-state index in [4.69, 9.17) is 4.42 Å². The summed E-state index contributed by atoms with van der Waals surface area (Å²) in [4.78, 5) is 1.25. The Hall–Kier alpha value is -1.23. The minimum Gasteiger partial charge on any atom is -0.468 e. The van der Waals surface area contributed by atoms with Crippen LogP contribution in [0.25, 0.3) is 0 Å². The van der Waals surface area contributed by atoms with Gasteiger partial charge in [-0.1, -0.05) is 12.1 Å². The number of aliphatic hydroxyl groups excluding tert-OH is 1. The largest absolute Gasteiger partial charge is 0.468 e. The fourth-order valence-corrected chi connectivity index (χ4v) is 2.14. The lowest BCUT2D eigenvalue weighted by molar-refractivity contribution is 0.225. The Balaban J connectivity index is 1.93. The molecule has 4 heteroatoms. The molecule has 1 aromatic carbocycles. The lowest BCUT2D eigenvalue weighted by Crippen LogP contribution is -2.23. The van der Waals surface area contributed by atoms with Gasteiger partial charge in [0.1, 0.15) is 5.76 Å². The highest BCUT2D eigenvalue weighted by molar-refractivity contribution is 7.98. The van der Waals surface area contributed by atoms with E-state index >= 15 is 0 Å². The van der Waals surface area contributed by atoms with E-state index in [1.807, 2.05) is 12.1 Å². The summed E-state index contributed by atoms with van der Waals surface area (Å²) in [7, 11) is 0. The number of hydrogen-bond acceptors (Lipinski definition) is 4. The standard InChI is InChI=1S/C14H17NO2S/c1-18-12-6-4-11(5-7-12)9-15-13(10-16)14-3-2-8-17-14/h2-8,13,15-16H,9-10H2,1H3. The van der Waals surface area contributed by atoms with Crippen LogP contribution in [0.1, 0.15) is 17.4 Å². The third kappa shape index (κ3) is 3.38. The van der Waals surface area contributed by atoms with Crippen LogP contribution in [0.3, 0.4) is 0 Å². The molecule has 0 bridgehead atoms. The molecule has 0 fully saturated rings. The van der Waals surface area contributed by atoms with Crippen molar-refractivity contribution in [2.75, 3.05) is 12.9 Å². The first kappa shape index (κ1) is 13.2. The molecule has 3 nitrogen and oxygen atoms in total. The summed E-state index contributed by atoms with van der Waals surface area (Å²) in [6, 6.07) is 11.9. The fourth-order valence-electron chi connectivity index (χ4n) is 1.73. The predicted molar refractivity (Wildman–Crippen MR) is 73.6 cm³/mol. The van der Waals surface area contributed by atoms with Gasteiger partial charge in [0, 0.05) is 11.4 Å². The van der Waals surface area contributed by atoms with Gasteiger partial charge in [0.05, 0.1) is 18.9 Å². The maximum Gasteiger partial charge on any atom is 0.123 e.